The fourth-order valence-electron chi connectivity index (χ4n) is 1.51. The second-order valence-corrected chi connectivity index (χ2v) is 4.20. The van der Waals surface area contributed by atoms with Gasteiger partial charge in [0, 0.05) is 10.1 Å². The summed E-state index contributed by atoms with van der Waals surface area (Å²) in [6, 6.07) is 0. The van der Waals surface area contributed by atoms with E-state index in [2.05, 4.69) is 15.9 Å². The van der Waals surface area contributed by atoms with Gasteiger partial charge in [0.2, 0.25) is 0 Å². The van der Waals surface area contributed by atoms with Gasteiger partial charge in [-0.05, 0) is 26.2 Å². The Labute approximate surface area is 91.6 Å². The molecule has 0 aromatic rings. The number of aldehydes is 1. The highest BCUT2D eigenvalue weighted by atomic mass is 79.9. The molecule has 0 fully saturated rings. The molecular weight excluding hydrogens is 248 g/mol. The number of carbonyl (C=O) groups is 2. The molecule has 0 aromatic carbocycles. The summed E-state index contributed by atoms with van der Waals surface area (Å²) in [6.07, 6.45) is 2.83. The Morgan fingerprint density at radius 3 is 3.00 bits per heavy atom. The first kappa shape index (κ1) is 11.4. The third-order valence-electron chi connectivity index (χ3n) is 2.29. The normalized spacial score (nSPS) is 22.0. The van der Waals surface area contributed by atoms with Crippen LogP contribution < -0.4 is 0 Å². The van der Waals surface area contributed by atoms with Crippen molar-refractivity contribution < 1.29 is 14.3 Å². The van der Waals surface area contributed by atoms with Crippen molar-refractivity contribution in [1.29, 1.82) is 0 Å². The SMILES string of the molecule is CCOC(=O)C1CCC(Br)=C(C=O)C1. The van der Waals surface area contributed by atoms with Crippen LogP contribution in [0.4, 0.5) is 0 Å². The molecule has 0 radical (unpaired) electrons. The van der Waals surface area contributed by atoms with Crippen molar-refractivity contribution in [3.8, 4) is 0 Å². The summed E-state index contributed by atoms with van der Waals surface area (Å²) in [4.78, 5) is 22.0. The van der Waals surface area contributed by atoms with Crippen LogP contribution in [0.25, 0.3) is 0 Å². The predicted octanol–water partition coefficient (Wildman–Crippen LogP) is 2.20. The second kappa shape index (κ2) is 5.29. The molecule has 3 nitrogen and oxygen atoms in total. The molecule has 1 aliphatic carbocycles. The van der Waals surface area contributed by atoms with Crippen molar-refractivity contribution >= 4 is 28.2 Å². The maximum absolute atomic E-state index is 11.4. The van der Waals surface area contributed by atoms with E-state index >= 15 is 0 Å². The molecule has 1 unspecified atom stereocenters. The van der Waals surface area contributed by atoms with E-state index in [0.717, 1.165) is 23.6 Å². The number of carbonyl (C=O) groups excluding carboxylic acids is 2. The molecule has 0 aliphatic heterocycles. The van der Waals surface area contributed by atoms with Gasteiger partial charge in [-0.1, -0.05) is 15.9 Å². The average molecular weight is 261 g/mol. The van der Waals surface area contributed by atoms with Crippen LogP contribution in [-0.4, -0.2) is 18.9 Å². The minimum absolute atomic E-state index is 0.142. The molecule has 1 rings (SSSR count). The highest BCUT2D eigenvalue weighted by Crippen LogP contribution is 2.32. The first-order valence-electron chi connectivity index (χ1n) is 4.68. The first-order chi connectivity index (χ1) is 6.69. The molecule has 78 valence electrons. The zero-order valence-corrected chi connectivity index (χ0v) is 9.67. The fraction of sp³-hybridized carbons (Fsp3) is 0.600. The van der Waals surface area contributed by atoms with Gasteiger partial charge in [-0.25, -0.2) is 0 Å². The summed E-state index contributed by atoms with van der Waals surface area (Å²) >= 11 is 3.33. The minimum atomic E-state index is -0.188. The Morgan fingerprint density at radius 1 is 1.71 bits per heavy atom. The molecule has 0 heterocycles. The van der Waals surface area contributed by atoms with Crippen LogP contribution in [0.2, 0.25) is 0 Å². The maximum Gasteiger partial charge on any atom is 0.309 e. The van der Waals surface area contributed by atoms with Crippen molar-refractivity contribution in [2.45, 2.75) is 26.2 Å². The van der Waals surface area contributed by atoms with Gasteiger partial charge in [0.05, 0.1) is 12.5 Å². The van der Waals surface area contributed by atoms with E-state index in [9.17, 15) is 9.59 Å². The Kier molecular flexibility index (Phi) is 4.32. The highest BCUT2D eigenvalue weighted by Gasteiger charge is 2.26. The lowest BCUT2D eigenvalue weighted by atomic mass is 9.89. The summed E-state index contributed by atoms with van der Waals surface area (Å²) in [5, 5.41) is 0. The van der Waals surface area contributed by atoms with E-state index in [1.54, 1.807) is 6.92 Å². The number of rotatable bonds is 3. The zero-order chi connectivity index (χ0) is 10.6. The van der Waals surface area contributed by atoms with E-state index in [4.69, 9.17) is 4.74 Å². The molecule has 0 saturated heterocycles. The largest absolute Gasteiger partial charge is 0.466 e. The van der Waals surface area contributed by atoms with Gasteiger partial charge in [0.15, 0.2) is 0 Å². The van der Waals surface area contributed by atoms with Crippen LogP contribution in [0.15, 0.2) is 10.1 Å². The first-order valence-corrected chi connectivity index (χ1v) is 5.47. The van der Waals surface area contributed by atoms with Crippen LogP contribution >= 0.6 is 15.9 Å². The average Bonchev–Trinajstić information content (AvgIpc) is 2.19. The Bertz CT molecular complexity index is 271. The quantitative estimate of drug-likeness (QED) is 0.577. The van der Waals surface area contributed by atoms with Gasteiger partial charge in [-0.15, -0.1) is 0 Å². The molecule has 4 heteroatoms. The molecule has 0 aromatic heterocycles. The summed E-state index contributed by atoms with van der Waals surface area (Å²) in [7, 11) is 0. The number of ether oxygens (including phenoxy) is 1. The molecule has 0 bridgehead atoms. The van der Waals surface area contributed by atoms with E-state index < -0.39 is 0 Å². The van der Waals surface area contributed by atoms with E-state index in [1.807, 2.05) is 0 Å². The topological polar surface area (TPSA) is 43.4 Å². The zero-order valence-electron chi connectivity index (χ0n) is 8.09. The van der Waals surface area contributed by atoms with Crippen LogP contribution in [0, 0.1) is 5.92 Å². The van der Waals surface area contributed by atoms with Crippen LogP contribution in [0.3, 0.4) is 0 Å². The smallest absolute Gasteiger partial charge is 0.309 e. The summed E-state index contributed by atoms with van der Waals surface area (Å²) in [6.45, 7) is 2.18. The van der Waals surface area contributed by atoms with Gasteiger partial charge in [-0.2, -0.15) is 0 Å². The standard InChI is InChI=1S/C10H13BrO3/c1-2-14-10(13)7-3-4-9(11)8(5-7)6-12/h6-7H,2-5H2,1H3. The second-order valence-electron chi connectivity index (χ2n) is 3.24. The fourth-order valence-corrected chi connectivity index (χ4v) is 2.00. The molecule has 0 saturated carbocycles. The van der Waals surface area contributed by atoms with Crippen molar-refractivity contribution in [2.75, 3.05) is 6.61 Å². The van der Waals surface area contributed by atoms with E-state index in [1.165, 1.54) is 0 Å². The number of allylic oxidation sites excluding steroid dienone is 2. The third-order valence-corrected chi connectivity index (χ3v) is 3.20. The molecule has 0 spiro atoms. The van der Waals surface area contributed by atoms with Gasteiger partial charge >= 0.3 is 5.97 Å². The third kappa shape index (κ3) is 2.67. The van der Waals surface area contributed by atoms with Crippen LogP contribution in [0.5, 0.6) is 0 Å². The van der Waals surface area contributed by atoms with Crippen molar-refractivity contribution in [3.05, 3.63) is 10.1 Å². The number of hydrogen-bond acceptors (Lipinski definition) is 3. The minimum Gasteiger partial charge on any atom is -0.466 e. The summed E-state index contributed by atoms with van der Waals surface area (Å²) in [5.41, 5.74) is 0.689. The molecule has 0 N–H and O–H groups in total. The van der Waals surface area contributed by atoms with Gasteiger partial charge in [-0.3, -0.25) is 9.59 Å². The lowest BCUT2D eigenvalue weighted by molar-refractivity contribution is -0.148. The van der Waals surface area contributed by atoms with Crippen LogP contribution in [0.1, 0.15) is 26.2 Å². The van der Waals surface area contributed by atoms with Crippen molar-refractivity contribution in [1.82, 2.24) is 0 Å². The van der Waals surface area contributed by atoms with Gasteiger partial charge in [0.1, 0.15) is 6.29 Å². The van der Waals surface area contributed by atoms with Crippen LogP contribution in [-0.2, 0) is 14.3 Å². The Hall–Kier alpha value is -0.640. The molecular formula is C10H13BrO3. The molecule has 14 heavy (non-hydrogen) atoms. The monoisotopic (exact) mass is 260 g/mol. The highest BCUT2D eigenvalue weighted by molar-refractivity contribution is 9.11. The summed E-state index contributed by atoms with van der Waals surface area (Å²) < 4.78 is 5.84. The predicted molar refractivity (Wildman–Crippen MR) is 56.0 cm³/mol. The maximum atomic E-state index is 11.4. The number of hydrogen-bond donors (Lipinski definition) is 0. The Morgan fingerprint density at radius 2 is 2.43 bits per heavy atom. The molecule has 1 atom stereocenters. The summed E-state index contributed by atoms with van der Waals surface area (Å²) in [5.74, 6) is -0.330. The van der Waals surface area contributed by atoms with Gasteiger partial charge < -0.3 is 4.74 Å². The van der Waals surface area contributed by atoms with Gasteiger partial charge in [0.25, 0.3) is 0 Å². The molecule has 0 amide bonds. The van der Waals surface area contributed by atoms with Crippen molar-refractivity contribution in [3.63, 3.8) is 0 Å². The Balaban J connectivity index is 2.62. The van der Waals surface area contributed by atoms with E-state index in [-0.39, 0.29) is 11.9 Å². The van der Waals surface area contributed by atoms with E-state index in [0.29, 0.717) is 18.6 Å². The number of esters is 1. The lowest BCUT2D eigenvalue weighted by Gasteiger charge is -2.20. The lowest BCUT2D eigenvalue weighted by Crippen LogP contribution is -2.21. The number of halogens is 1. The molecule has 1 aliphatic rings. The van der Waals surface area contributed by atoms with Crippen molar-refractivity contribution in [2.24, 2.45) is 5.92 Å².